The zero-order valence-electron chi connectivity index (χ0n) is 36.9. The van der Waals surface area contributed by atoms with Crippen LogP contribution in [0.5, 0.6) is 0 Å². The number of benzene rings is 9. The average molecular weight is 868 g/mol. The van der Waals surface area contributed by atoms with Gasteiger partial charge in [-0.25, -0.2) is 14.5 Å². The molecule has 0 saturated carbocycles. The molecule has 0 saturated heterocycles. The van der Waals surface area contributed by atoms with Gasteiger partial charge >= 0.3 is 0 Å². The van der Waals surface area contributed by atoms with Crippen LogP contribution in [0, 0.1) is 0 Å². The number of rotatable bonds is 8. The van der Waals surface area contributed by atoms with Crippen LogP contribution in [0.2, 0.25) is 0 Å². The van der Waals surface area contributed by atoms with E-state index in [0.29, 0.717) is 5.82 Å². The van der Waals surface area contributed by atoms with E-state index < -0.39 is 0 Å². The highest BCUT2D eigenvalue weighted by Crippen LogP contribution is 2.42. The fourth-order valence-electron chi connectivity index (χ4n) is 9.88. The number of nitrogens with zero attached hydrogens (tertiary/aromatic N) is 5. The largest absolute Gasteiger partial charge is 0.309 e. The van der Waals surface area contributed by atoms with Gasteiger partial charge in [-0.2, -0.15) is 5.10 Å². The van der Waals surface area contributed by atoms with Gasteiger partial charge in [-0.3, -0.25) is 0 Å². The van der Waals surface area contributed by atoms with E-state index in [-0.39, 0.29) is 0 Å². The van der Waals surface area contributed by atoms with Crippen molar-refractivity contribution in [2.24, 2.45) is 0 Å². The topological polar surface area (TPSA) is 48.0 Å². The van der Waals surface area contributed by atoms with Gasteiger partial charge in [-0.15, -0.1) is 0 Å². The van der Waals surface area contributed by atoms with Crippen molar-refractivity contribution in [3.05, 3.63) is 249 Å². The van der Waals surface area contributed by atoms with Crippen molar-refractivity contribution < 1.29 is 0 Å². The lowest BCUT2D eigenvalue weighted by atomic mass is 9.94. The van der Waals surface area contributed by atoms with Gasteiger partial charge < -0.3 is 4.57 Å². The Balaban J connectivity index is 0.916. The summed E-state index contributed by atoms with van der Waals surface area (Å²) in [4.78, 5) is 10.3. The normalized spacial score (nSPS) is 11.5. The quantitative estimate of drug-likeness (QED) is 0.153. The second kappa shape index (κ2) is 16.4. The summed E-state index contributed by atoms with van der Waals surface area (Å²) < 4.78 is 4.50. The van der Waals surface area contributed by atoms with E-state index in [9.17, 15) is 0 Å². The highest BCUT2D eigenvalue weighted by atomic mass is 15.2. The third-order valence-electron chi connectivity index (χ3n) is 13.2. The zero-order valence-corrected chi connectivity index (χ0v) is 36.9. The molecule has 0 unspecified atom stereocenters. The zero-order chi connectivity index (χ0) is 45.0. The summed E-state index contributed by atoms with van der Waals surface area (Å²) >= 11 is 0. The van der Waals surface area contributed by atoms with Gasteiger partial charge in [0.25, 0.3) is 0 Å². The molecule has 9 aromatic carbocycles. The minimum Gasteiger partial charge on any atom is -0.309 e. The number of pyridine rings is 1. The minimum absolute atomic E-state index is 0.687. The molecule has 0 fully saturated rings. The van der Waals surface area contributed by atoms with Crippen LogP contribution in [-0.2, 0) is 0 Å². The Morgan fingerprint density at radius 2 is 0.809 bits per heavy atom. The standard InChI is InChI=1S/C63H41N5/c1-5-17-45(18-6-1)59-40-50-34-33-49(39-54(50)62-60(46-19-7-2-8-20-46)61(66-68(59)62)47-21-9-3-10-22-47)42-29-31-43(32-30-42)55-41-56(65-63(64-55)48-23-11-4-12-24-48)44-35-37-51(38-36-44)67-57-27-15-13-25-52(57)53-26-14-16-28-58(53)67/h1-41H. The molecule has 0 N–H and O–H groups in total. The van der Waals surface area contributed by atoms with Gasteiger partial charge in [-0.05, 0) is 64.5 Å². The molecule has 68 heavy (non-hydrogen) atoms. The Kier molecular flexibility index (Phi) is 9.43. The molecule has 0 amide bonds. The van der Waals surface area contributed by atoms with Crippen LogP contribution < -0.4 is 0 Å². The highest BCUT2D eigenvalue weighted by molar-refractivity contribution is 6.10. The summed E-state index contributed by atoms with van der Waals surface area (Å²) in [5.74, 6) is 0.687. The molecule has 0 spiro atoms. The Hall–Kier alpha value is -9.19. The number of para-hydroxylation sites is 2. The molecule has 13 rings (SSSR count). The Morgan fingerprint density at radius 1 is 0.324 bits per heavy atom. The number of fused-ring (bicyclic) bond motifs is 6. The van der Waals surface area contributed by atoms with Crippen molar-refractivity contribution in [1.29, 1.82) is 0 Å². The SMILES string of the molecule is c1ccc(-c2nc(-c3ccc(-c4ccc5cc(-c6ccccc6)n6nc(-c7ccccc7)c(-c7ccccc7)c6c5c4)cc3)cc(-c3ccc(-n4c5ccccc5c5ccccc54)cc3)n2)cc1. The van der Waals surface area contributed by atoms with Crippen LogP contribution in [0.15, 0.2) is 249 Å². The maximum absolute atomic E-state index is 5.43. The predicted octanol–water partition coefficient (Wildman–Crippen LogP) is 16.0. The first-order valence-corrected chi connectivity index (χ1v) is 23.0. The molecule has 0 aliphatic carbocycles. The van der Waals surface area contributed by atoms with E-state index in [0.717, 1.165) is 94.8 Å². The molecule has 4 aromatic heterocycles. The van der Waals surface area contributed by atoms with Crippen LogP contribution in [0.4, 0.5) is 0 Å². The summed E-state index contributed by atoms with van der Waals surface area (Å²) in [5.41, 5.74) is 18.0. The van der Waals surface area contributed by atoms with Crippen LogP contribution in [0.3, 0.4) is 0 Å². The van der Waals surface area contributed by atoms with Crippen molar-refractivity contribution in [2.75, 3.05) is 0 Å². The molecular formula is C63H41N5. The lowest BCUT2D eigenvalue weighted by Crippen LogP contribution is -1.97. The molecular weight excluding hydrogens is 827 g/mol. The molecule has 5 nitrogen and oxygen atoms in total. The molecule has 4 heterocycles. The van der Waals surface area contributed by atoms with Crippen molar-refractivity contribution in [3.8, 4) is 84.4 Å². The van der Waals surface area contributed by atoms with Gasteiger partial charge in [0.2, 0.25) is 0 Å². The first kappa shape index (κ1) is 39.2. The summed E-state index contributed by atoms with van der Waals surface area (Å²) in [6.45, 7) is 0. The van der Waals surface area contributed by atoms with E-state index in [1.54, 1.807) is 0 Å². The monoisotopic (exact) mass is 867 g/mol. The third kappa shape index (κ3) is 6.76. The Bertz CT molecular complexity index is 3920. The first-order valence-electron chi connectivity index (χ1n) is 23.0. The van der Waals surface area contributed by atoms with Crippen LogP contribution in [0.25, 0.3) is 122 Å². The Labute approximate surface area is 393 Å². The number of hydrogen-bond donors (Lipinski definition) is 0. The first-order chi connectivity index (χ1) is 33.7. The van der Waals surface area contributed by atoms with E-state index in [1.807, 2.05) is 18.2 Å². The minimum atomic E-state index is 0.687. The van der Waals surface area contributed by atoms with Crippen LogP contribution >= 0.6 is 0 Å². The van der Waals surface area contributed by atoms with Gasteiger partial charge in [-0.1, -0.05) is 206 Å². The van der Waals surface area contributed by atoms with Crippen molar-refractivity contribution in [2.45, 2.75) is 0 Å². The van der Waals surface area contributed by atoms with E-state index in [1.165, 1.54) is 21.8 Å². The number of hydrogen-bond acceptors (Lipinski definition) is 3. The van der Waals surface area contributed by atoms with Crippen LogP contribution in [0.1, 0.15) is 0 Å². The predicted molar refractivity (Wildman–Crippen MR) is 281 cm³/mol. The average Bonchev–Trinajstić information content (AvgIpc) is 3.99. The smallest absolute Gasteiger partial charge is 0.160 e. The molecule has 0 radical (unpaired) electrons. The molecule has 0 atom stereocenters. The van der Waals surface area contributed by atoms with E-state index in [4.69, 9.17) is 15.1 Å². The van der Waals surface area contributed by atoms with Gasteiger partial charge in [0.05, 0.1) is 33.6 Å². The summed E-state index contributed by atoms with van der Waals surface area (Å²) in [5, 5.41) is 10.2. The molecule has 0 bridgehead atoms. The highest BCUT2D eigenvalue weighted by Gasteiger charge is 2.22. The van der Waals surface area contributed by atoms with Crippen molar-refractivity contribution in [3.63, 3.8) is 0 Å². The molecule has 0 aliphatic heterocycles. The maximum atomic E-state index is 5.43. The Morgan fingerprint density at radius 3 is 1.41 bits per heavy atom. The molecule has 13 aromatic rings. The fourth-order valence-corrected chi connectivity index (χ4v) is 9.88. The molecule has 5 heteroatoms. The number of aromatic nitrogens is 5. The van der Waals surface area contributed by atoms with Gasteiger partial charge in [0, 0.05) is 55.2 Å². The summed E-state index contributed by atoms with van der Waals surface area (Å²) in [6.07, 6.45) is 0. The fraction of sp³-hybridized carbons (Fsp3) is 0. The van der Waals surface area contributed by atoms with Crippen molar-refractivity contribution in [1.82, 2.24) is 24.1 Å². The third-order valence-corrected chi connectivity index (χ3v) is 13.2. The second-order valence-corrected chi connectivity index (χ2v) is 17.2. The maximum Gasteiger partial charge on any atom is 0.160 e. The lowest BCUT2D eigenvalue weighted by molar-refractivity contribution is 0.979. The van der Waals surface area contributed by atoms with Crippen LogP contribution in [-0.4, -0.2) is 24.1 Å². The summed E-state index contributed by atoms with van der Waals surface area (Å²) in [6, 6.07) is 88.0. The second-order valence-electron chi connectivity index (χ2n) is 17.2. The van der Waals surface area contributed by atoms with Gasteiger partial charge in [0.1, 0.15) is 5.69 Å². The van der Waals surface area contributed by atoms with E-state index >= 15 is 0 Å². The van der Waals surface area contributed by atoms with Gasteiger partial charge in [0.15, 0.2) is 5.82 Å². The van der Waals surface area contributed by atoms with E-state index in [2.05, 4.69) is 240 Å². The molecule has 318 valence electrons. The lowest BCUT2D eigenvalue weighted by Gasteiger charge is -2.13. The molecule has 0 aliphatic rings. The van der Waals surface area contributed by atoms with Crippen molar-refractivity contribution >= 4 is 38.1 Å². The summed E-state index contributed by atoms with van der Waals surface area (Å²) in [7, 11) is 0.